The van der Waals surface area contributed by atoms with E-state index in [0.29, 0.717) is 0 Å². The monoisotopic (exact) mass is 753 g/mol. The smallest absolute Gasteiger partial charge is 0.137 e. The van der Waals surface area contributed by atoms with E-state index in [1.54, 1.807) is 0 Å². The Morgan fingerprint density at radius 1 is 0.288 bits per heavy atom. The van der Waals surface area contributed by atoms with Gasteiger partial charge in [0.1, 0.15) is 22.3 Å². The summed E-state index contributed by atoms with van der Waals surface area (Å²) in [6.45, 7) is 0. The van der Waals surface area contributed by atoms with Crippen LogP contribution < -0.4 is 4.90 Å². The Kier molecular flexibility index (Phi) is 7.54. The third-order valence-electron chi connectivity index (χ3n) is 11.9. The molecule has 0 aliphatic rings. The standard InChI is InChI=1S/C56H35NO2/c1-2-13-37(14-3-1)43-31-28-40(49-33-39-15-4-5-16-42(39)44-17-6-7-18-45(44)49)34-51(43)57(50-21-12-24-54-56(50)48-20-9-11-23-53(48)58-54)41-29-25-36(26-30-41)38-27-32-47-46-19-8-10-22-52(46)59-55(47)35-38/h1-35H. The number of fused-ring (bicyclic) bond motifs is 9. The molecule has 0 bridgehead atoms. The van der Waals surface area contributed by atoms with Crippen molar-refractivity contribution in [2.75, 3.05) is 4.90 Å². The van der Waals surface area contributed by atoms with Crippen molar-refractivity contribution in [1.82, 2.24) is 0 Å². The molecule has 276 valence electrons. The Morgan fingerprint density at radius 2 is 0.898 bits per heavy atom. The molecule has 0 atom stereocenters. The molecule has 0 fully saturated rings. The molecule has 0 spiro atoms. The minimum atomic E-state index is 0.849. The molecule has 2 heterocycles. The van der Waals surface area contributed by atoms with Crippen molar-refractivity contribution in [2.24, 2.45) is 0 Å². The first-order valence-corrected chi connectivity index (χ1v) is 20.1. The minimum absolute atomic E-state index is 0.849. The summed E-state index contributed by atoms with van der Waals surface area (Å²) in [6, 6.07) is 75.9. The zero-order chi connectivity index (χ0) is 38.9. The highest BCUT2D eigenvalue weighted by molar-refractivity contribution is 6.16. The van der Waals surface area contributed by atoms with Crippen molar-refractivity contribution < 1.29 is 8.83 Å². The number of hydrogen-bond acceptors (Lipinski definition) is 3. The van der Waals surface area contributed by atoms with E-state index in [4.69, 9.17) is 8.83 Å². The molecule has 0 radical (unpaired) electrons. The van der Waals surface area contributed by atoms with Crippen LogP contribution in [0, 0.1) is 0 Å². The maximum Gasteiger partial charge on any atom is 0.137 e. The molecule has 3 heteroatoms. The molecule has 0 saturated heterocycles. The molecule has 0 amide bonds. The van der Waals surface area contributed by atoms with Crippen LogP contribution in [0.4, 0.5) is 17.1 Å². The van der Waals surface area contributed by atoms with Crippen LogP contribution in [0.15, 0.2) is 221 Å². The zero-order valence-electron chi connectivity index (χ0n) is 32.0. The highest BCUT2D eigenvalue weighted by Crippen LogP contribution is 2.48. The molecule has 2 aromatic heterocycles. The molecule has 0 aliphatic carbocycles. The molecule has 0 aliphatic heterocycles. The summed E-state index contributed by atoms with van der Waals surface area (Å²) in [7, 11) is 0. The summed E-state index contributed by atoms with van der Waals surface area (Å²) < 4.78 is 12.8. The average Bonchev–Trinajstić information content (AvgIpc) is 3.88. The first-order valence-electron chi connectivity index (χ1n) is 20.1. The lowest BCUT2D eigenvalue weighted by atomic mass is 9.91. The summed E-state index contributed by atoms with van der Waals surface area (Å²) in [5, 5.41) is 9.36. The van der Waals surface area contributed by atoms with Crippen molar-refractivity contribution in [2.45, 2.75) is 0 Å². The number of para-hydroxylation sites is 2. The van der Waals surface area contributed by atoms with Crippen LogP contribution in [0.3, 0.4) is 0 Å². The summed E-state index contributed by atoms with van der Waals surface area (Å²) in [4.78, 5) is 2.42. The second-order valence-electron chi connectivity index (χ2n) is 15.2. The van der Waals surface area contributed by atoms with Gasteiger partial charge in [0, 0.05) is 27.4 Å². The van der Waals surface area contributed by atoms with E-state index < -0.39 is 0 Å². The Morgan fingerprint density at radius 3 is 1.73 bits per heavy atom. The lowest BCUT2D eigenvalue weighted by molar-refractivity contribution is 0.668. The minimum Gasteiger partial charge on any atom is -0.456 e. The third-order valence-corrected chi connectivity index (χ3v) is 11.9. The molecule has 0 saturated carbocycles. The van der Waals surface area contributed by atoms with Gasteiger partial charge in [0.25, 0.3) is 0 Å². The Balaban J connectivity index is 1.10. The lowest BCUT2D eigenvalue weighted by Crippen LogP contribution is -2.12. The third kappa shape index (κ3) is 5.44. The summed E-state index contributed by atoms with van der Waals surface area (Å²) in [6.07, 6.45) is 0. The van der Waals surface area contributed by atoms with Crippen LogP contribution in [-0.2, 0) is 0 Å². The fourth-order valence-corrected chi connectivity index (χ4v) is 9.10. The van der Waals surface area contributed by atoms with Crippen molar-refractivity contribution in [3.8, 4) is 33.4 Å². The van der Waals surface area contributed by atoms with Gasteiger partial charge in [-0.3, -0.25) is 0 Å². The summed E-state index contributed by atoms with van der Waals surface area (Å²) >= 11 is 0. The SMILES string of the molecule is c1ccc(-c2ccc(-c3cc4ccccc4c4ccccc34)cc2N(c2ccc(-c3ccc4c(c3)oc3ccccc34)cc2)c2cccc3oc4ccccc4c23)cc1. The predicted octanol–water partition coefficient (Wildman–Crippen LogP) is 16.3. The second-order valence-corrected chi connectivity index (χ2v) is 15.2. The highest BCUT2D eigenvalue weighted by Gasteiger charge is 2.23. The normalized spacial score (nSPS) is 11.7. The van der Waals surface area contributed by atoms with Gasteiger partial charge in [-0.05, 0) is 110 Å². The largest absolute Gasteiger partial charge is 0.456 e. The van der Waals surface area contributed by atoms with E-state index in [9.17, 15) is 0 Å². The molecule has 12 aromatic rings. The van der Waals surface area contributed by atoms with Crippen LogP contribution in [-0.4, -0.2) is 0 Å². The molecular formula is C56H35NO2. The fraction of sp³-hybridized carbons (Fsp3) is 0. The van der Waals surface area contributed by atoms with Crippen molar-refractivity contribution in [3.05, 3.63) is 212 Å². The van der Waals surface area contributed by atoms with Gasteiger partial charge in [0.2, 0.25) is 0 Å². The van der Waals surface area contributed by atoms with Gasteiger partial charge in [-0.15, -0.1) is 0 Å². The van der Waals surface area contributed by atoms with Crippen LogP contribution in [0.25, 0.3) is 98.8 Å². The molecule has 3 nitrogen and oxygen atoms in total. The quantitative estimate of drug-likeness (QED) is 0.158. The van der Waals surface area contributed by atoms with Gasteiger partial charge < -0.3 is 13.7 Å². The van der Waals surface area contributed by atoms with Crippen LogP contribution in [0.2, 0.25) is 0 Å². The van der Waals surface area contributed by atoms with E-state index in [-0.39, 0.29) is 0 Å². The van der Waals surface area contributed by atoms with E-state index in [1.165, 1.54) is 27.1 Å². The highest BCUT2D eigenvalue weighted by atomic mass is 16.3. The fourth-order valence-electron chi connectivity index (χ4n) is 9.10. The number of hydrogen-bond donors (Lipinski definition) is 0. The number of furan rings is 2. The van der Waals surface area contributed by atoms with Crippen LogP contribution in [0.1, 0.15) is 0 Å². The maximum absolute atomic E-state index is 6.51. The van der Waals surface area contributed by atoms with Gasteiger partial charge in [-0.1, -0.05) is 152 Å². The molecule has 0 unspecified atom stereocenters. The van der Waals surface area contributed by atoms with Crippen molar-refractivity contribution >= 4 is 82.5 Å². The first-order chi connectivity index (χ1) is 29.2. The van der Waals surface area contributed by atoms with Crippen molar-refractivity contribution in [3.63, 3.8) is 0 Å². The zero-order valence-corrected chi connectivity index (χ0v) is 32.0. The summed E-state index contributed by atoms with van der Waals surface area (Å²) in [5.74, 6) is 0. The Hall–Kier alpha value is -7.88. The maximum atomic E-state index is 6.51. The molecule has 59 heavy (non-hydrogen) atoms. The van der Waals surface area contributed by atoms with Crippen LogP contribution in [0.5, 0.6) is 0 Å². The van der Waals surface area contributed by atoms with Gasteiger partial charge in [-0.2, -0.15) is 0 Å². The summed E-state index contributed by atoms with van der Waals surface area (Å²) in [5.41, 5.74) is 13.5. The van der Waals surface area contributed by atoms with E-state index >= 15 is 0 Å². The van der Waals surface area contributed by atoms with Gasteiger partial charge in [0.15, 0.2) is 0 Å². The molecular weight excluding hydrogens is 719 g/mol. The van der Waals surface area contributed by atoms with E-state index in [2.05, 4.69) is 199 Å². The first kappa shape index (κ1) is 33.3. The number of anilines is 3. The predicted molar refractivity (Wildman–Crippen MR) is 247 cm³/mol. The van der Waals surface area contributed by atoms with E-state index in [0.717, 1.165) is 88.8 Å². The molecule has 10 aromatic carbocycles. The van der Waals surface area contributed by atoms with Gasteiger partial charge in [-0.25, -0.2) is 0 Å². The van der Waals surface area contributed by atoms with Gasteiger partial charge in [0.05, 0.1) is 16.8 Å². The van der Waals surface area contributed by atoms with Crippen LogP contribution >= 0.6 is 0 Å². The number of nitrogens with zero attached hydrogens (tertiary/aromatic N) is 1. The lowest BCUT2D eigenvalue weighted by Gasteiger charge is -2.29. The molecule has 12 rings (SSSR count). The average molecular weight is 754 g/mol. The topological polar surface area (TPSA) is 29.5 Å². The van der Waals surface area contributed by atoms with E-state index in [1.807, 2.05) is 18.2 Å². The number of benzene rings is 10. The number of rotatable bonds is 6. The Bertz CT molecular complexity index is 3560. The second kappa shape index (κ2) is 13.4. The van der Waals surface area contributed by atoms with Gasteiger partial charge >= 0.3 is 0 Å². The van der Waals surface area contributed by atoms with Crippen molar-refractivity contribution in [1.29, 1.82) is 0 Å². The molecule has 0 N–H and O–H groups in total. The Labute approximate surface area is 340 Å².